The van der Waals surface area contributed by atoms with Crippen LogP contribution in [-0.2, 0) is 4.74 Å². The fourth-order valence-electron chi connectivity index (χ4n) is 3.12. The van der Waals surface area contributed by atoms with E-state index in [1.807, 2.05) is 12.1 Å². The van der Waals surface area contributed by atoms with Crippen LogP contribution >= 0.6 is 35.0 Å². The third kappa shape index (κ3) is 4.68. The van der Waals surface area contributed by atoms with Crippen LogP contribution in [0.4, 0.5) is 0 Å². The van der Waals surface area contributed by atoms with Gasteiger partial charge in [-0.3, -0.25) is 5.10 Å². The standard InChI is InChI=1S/C17H19Cl2N3O2S/c1-2-24-17(23)15-16(21-22-20-15)25-14-5-3-10(4-6-14)11-7-12(18)9-13(19)8-11/h7-10,14H,2-6H2,1H3,(H,20,21,22)/t10-,14+. The number of nitrogens with zero attached hydrogens (tertiary/aromatic N) is 2. The highest BCUT2D eigenvalue weighted by molar-refractivity contribution is 7.99. The SMILES string of the molecule is CCOC(=O)c1[nH]nnc1S[C@H]1CC[C@@H](c2cc(Cl)cc(Cl)c2)CC1. The topological polar surface area (TPSA) is 67.9 Å². The summed E-state index contributed by atoms with van der Waals surface area (Å²) in [5.41, 5.74) is 1.55. The van der Waals surface area contributed by atoms with E-state index < -0.39 is 5.97 Å². The highest BCUT2D eigenvalue weighted by Crippen LogP contribution is 2.41. The Morgan fingerprint density at radius 3 is 2.56 bits per heavy atom. The quantitative estimate of drug-likeness (QED) is 0.707. The van der Waals surface area contributed by atoms with Crippen LogP contribution in [0, 0.1) is 0 Å². The maximum absolute atomic E-state index is 11.9. The van der Waals surface area contributed by atoms with E-state index in [1.165, 1.54) is 5.56 Å². The molecule has 0 bridgehead atoms. The molecule has 1 aliphatic rings. The highest BCUT2D eigenvalue weighted by atomic mass is 35.5. The number of nitrogens with one attached hydrogen (secondary N) is 1. The van der Waals surface area contributed by atoms with Gasteiger partial charge in [0.15, 0.2) is 10.7 Å². The second-order valence-corrected chi connectivity index (χ2v) is 8.17. The lowest BCUT2D eigenvalue weighted by Crippen LogP contribution is -2.16. The van der Waals surface area contributed by atoms with Gasteiger partial charge in [0.05, 0.1) is 6.61 Å². The molecule has 1 aliphatic carbocycles. The van der Waals surface area contributed by atoms with Crippen molar-refractivity contribution in [2.45, 2.75) is 48.8 Å². The molecule has 0 saturated heterocycles. The van der Waals surface area contributed by atoms with Gasteiger partial charge in [-0.05, 0) is 62.3 Å². The molecule has 2 aromatic rings. The number of thioether (sulfide) groups is 1. The molecule has 5 nitrogen and oxygen atoms in total. The van der Waals surface area contributed by atoms with Gasteiger partial charge in [-0.25, -0.2) is 4.79 Å². The minimum atomic E-state index is -0.405. The number of halogens is 2. The van der Waals surface area contributed by atoms with E-state index in [4.69, 9.17) is 27.9 Å². The Morgan fingerprint density at radius 2 is 1.92 bits per heavy atom. The predicted molar refractivity (Wildman–Crippen MR) is 99.7 cm³/mol. The summed E-state index contributed by atoms with van der Waals surface area (Å²) >= 11 is 13.8. The molecule has 8 heteroatoms. The molecular weight excluding hydrogens is 381 g/mol. The fourth-order valence-corrected chi connectivity index (χ4v) is 4.82. The number of carbonyl (C=O) groups excluding carboxylic acids is 1. The van der Waals surface area contributed by atoms with Crippen molar-refractivity contribution in [3.05, 3.63) is 39.5 Å². The van der Waals surface area contributed by atoms with Crippen LogP contribution in [0.1, 0.15) is 54.6 Å². The van der Waals surface area contributed by atoms with Gasteiger partial charge in [0.1, 0.15) is 0 Å². The Kier molecular flexibility index (Phi) is 6.25. The van der Waals surface area contributed by atoms with Gasteiger partial charge < -0.3 is 4.74 Å². The number of rotatable bonds is 5. The number of benzene rings is 1. The molecule has 134 valence electrons. The first-order chi connectivity index (χ1) is 12.1. The lowest BCUT2D eigenvalue weighted by Gasteiger charge is -2.28. The van der Waals surface area contributed by atoms with Gasteiger partial charge in [-0.2, -0.15) is 0 Å². The molecule has 0 spiro atoms. The number of H-pyrrole nitrogens is 1. The second-order valence-electron chi connectivity index (χ2n) is 6.01. The minimum Gasteiger partial charge on any atom is -0.461 e. The zero-order chi connectivity index (χ0) is 17.8. The van der Waals surface area contributed by atoms with E-state index in [1.54, 1.807) is 24.8 Å². The van der Waals surface area contributed by atoms with Crippen LogP contribution in [0.2, 0.25) is 10.0 Å². The molecule has 0 unspecified atom stereocenters. The average Bonchev–Trinajstić information content (AvgIpc) is 3.03. The molecule has 0 aliphatic heterocycles. The van der Waals surface area contributed by atoms with E-state index in [0.717, 1.165) is 25.7 Å². The smallest absolute Gasteiger partial charge is 0.359 e. The summed E-state index contributed by atoms with van der Waals surface area (Å²) in [7, 11) is 0. The molecule has 1 N–H and O–H groups in total. The van der Waals surface area contributed by atoms with Crippen molar-refractivity contribution < 1.29 is 9.53 Å². The third-order valence-electron chi connectivity index (χ3n) is 4.30. The molecule has 1 fully saturated rings. The third-order valence-corrected chi connectivity index (χ3v) is 6.06. The highest BCUT2D eigenvalue weighted by Gasteiger charge is 2.26. The van der Waals surface area contributed by atoms with Crippen molar-refractivity contribution in [1.82, 2.24) is 15.4 Å². The Hall–Kier alpha value is -1.24. The van der Waals surface area contributed by atoms with E-state index in [0.29, 0.717) is 38.5 Å². The van der Waals surface area contributed by atoms with Gasteiger partial charge in [-0.1, -0.05) is 40.2 Å². The summed E-state index contributed by atoms with van der Waals surface area (Å²) in [5.74, 6) is 0.0622. The molecule has 1 saturated carbocycles. The number of hydrogen-bond donors (Lipinski definition) is 1. The molecule has 0 radical (unpaired) electrons. The predicted octanol–water partition coefficient (Wildman–Crippen LogP) is 5.11. The summed E-state index contributed by atoms with van der Waals surface area (Å²) in [5, 5.41) is 12.8. The van der Waals surface area contributed by atoms with Crippen LogP contribution in [0.15, 0.2) is 23.2 Å². The van der Waals surface area contributed by atoms with Crippen LogP contribution < -0.4 is 0 Å². The van der Waals surface area contributed by atoms with Crippen LogP contribution in [-0.4, -0.2) is 33.2 Å². The first-order valence-corrected chi connectivity index (χ1v) is 9.91. The summed E-state index contributed by atoms with van der Waals surface area (Å²) in [4.78, 5) is 11.9. The minimum absolute atomic E-state index is 0.329. The zero-order valence-electron chi connectivity index (χ0n) is 13.8. The summed E-state index contributed by atoms with van der Waals surface area (Å²) < 4.78 is 5.02. The van der Waals surface area contributed by atoms with Crippen molar-refractivity contribution in [1.29, 1.82) is 0 Å². The molecule has 3 rings (SSSR count). The lowest BCUT2D eigenvalue weighted by atomic mass is 9.84. The number of aromatic nitrogens is 3. The fraction of sp³-hybridized carbons (Fsp3) is 0.471. The maximum atomic E-state index is 11.9. The van der Waals surface area contributed by atoms with Crippen LogP contribution in [0.3, 0.4) is 0 Å². The molecule has 1 heterocycles. The van der Waals surface area contributed by atoms with E-state index in [2.05, 4.69) is 15.4 Å². The molecule has 0 amide bonds. The van der Waals surface area contributed by atoms with E-state index in [-0.39, 0.29) is 0 Å². The number of esters is 1. The van der Waals surface area contributed by atoms with Gasteiger partial charge in [-0.15, -0.1) is 5.10 Å². The van der Waals surface area contributed by atoms with Crippen LogP contribution in [0.25, 0.3) is 0 Å². The van der Waals surface area contributed by atoms with Crippen molar-refractivity contribution in [2.24, 2.45) is 0 Å². The Labute approximate surface area is 160 Å². The molecule has 1 aromatic carbocycles. The lowest BCUT2D eigenvalue weighted by molar-refractivity contribution is 0.0515. The van der Waals surface area contributed by atoms with Crippen LogP contribution in [0.5, 0.6) is 0 Å². The Balaban J connectivity index is 1.60. The largest absolute Gasteiger partial charge is 0.461 e. The Morgan fingerprint density at radius 1 is 1.24 bits per heavy atom. The number of ether oxygens (including phenoxy) is 1. The van der Waals surface area contributed by atoms with Crippen molar-refractivity contribution >= 4 is 40.9 Å². The van der Waals surface area contributed by atoms with E-state index >= 15 is 0 Å². The second kappa shape index (κ2) is 8.43. The molecule has 1 aromatic heterocycles. The van der Waals surface area contributed by atoms with Gasteiger partial charge in [0, 0.05) is 15.3 Å². The van der Waals surface area contributed by atoms with Gasteiger partial charge in [0.2, 0.25) is 0 Å². The summed E-state index contributed by atoms with van der Waals surface area (Å²) in [6.07, 6.45) is 4.19. The normalized spacial score (nSPS) is 20.4. The van der Waals surface area contributed by atoms with Crippen molar-refractivity contribution in [3.63, 3.8) is 0 Å². The number of carbonyl (C=O) groups is 1. The first-order valence-electron chi connectivity index (χ1n) is 8.27. The number of hydrogen-bond acceptors (Lipinski definition) is 5. The van der Waals surface area contributed by atoms with Crippen molar-refractivity contribution in [2.75, 3.05) is 6.61 Å². The molecule has 0 atom stereocenters. The number of aromatic amines is 1. The summed E-state index contributed by atoms with van der Waals surface area (Å²) in [6, 6.07) is 5.76. The zero-order valence-corrected chi connectivity index (χ0v) is 16.1. The average molecular weight is 400 g/mol. The first kappa shape index (κ1) is 18.5. The Bertz CT molecular complexity index is 725. The van der Waals surface area contributed by atoms with Gasteiger partial charge in [0.25, 0.3) is 0 Å². The summed E-state index contributed by atoms with van der Waals surface area (Å²) in [6.45, 7) is 2.10. The molecular formula is C17H19Cl2N3O2S. The van der Waals surface area contributed by atoms with Gasteiger partial charge >= 0.3 is 5.97 Å². The molecule has 25 heavy (non-hydrogen) atoms. The van der Waals surface area contributed by atoms with Crippen molar-refractivity contribution in [3.8, 4) is 0 Å². The maximum Gasteiger partial charge on any atom is 0.359 e. The monoisotopic (exact) mass is 399 g/mol. The van der Waals surface area contributed by atoms with E-state index in [9.17, 15) is 4.79 Å².